The lowest BCUT2D eigenvalue weighted by Gasteiger charge is -2.17. The van der Waals surface area contributed by atoms with E-state index in [1.807, 2.05) is 36.4 Å². The molecule has 0 spiro atoms. The largest absolute Gasteiger partial charge is 0.350 e. The van der Waals surface area contributed by atoms with E-state index in [0.29, 0.717) is 25.2 Å². The number of hydrogen-bond donors (Lipinski definition) is 3. The standard InChI is InChI=1S/C20H23N3O2/c24-18(16-7-3-1-4-8-16)21-13-14-22-19(25)23-15-20(11-12-20)17-9-5-2-6-10-17/h1-10H,11-15H2,(H,21,24)(H2,22,23,25). The molecule has 1 aliphatic carbocycles. The van der Waals surface area contributed by atoms with Crippen molar-refractivity contribution in [2.75, 3.05) is 19.6 Å². The third kappa shape index (κ3) is 4.59. The molecule has 5 heteroatoms. The predicted molar refractivity (Wildman–Crippen MR) is 97.5 cm³/mol. The minimum atomic E-state index is -0.198. The zero-order valence-corrected chi connectivity index (χ0v) is 14.1. The SMILES string of the molecule is O=C(NCCNC(=O)c1ccccc1)NCC1(c2ccccc2)CC1. The quantitative estimate of drug-likeness (QED) is 0.679. The van der Waals surface area contributed by atoms with Crippen molar-refractivity contribution in [3.8, 4) is 0 Å². The predicted octanol–water partition coefficient (Wildman–Crippen LogP) is 2.45. The van der Waals surface area contributed by atoms with Crippen LogP contribution in [-0.4, -0.2) is 31.6 Å². The van der Waals surface area contributed by atoms with Crippen molar-refractivity contribution in [1.29, 1.82) is 0 Å². The highest BCUT2D eigenvalue weighted by atomic mass is 16.2. The highest BCUT2D eigenvalue weighted by Gasteiger charge is 2.44. The van der Waals surface area contributed by atoms with Crippen LogP contribution in [-0.2, 0) is 5.41 Å². The number of urea groups is 1. The van der Waals surface area contributed by atoms with Gasteiger partial charge in [0.05, 0.1) is 0 Å². The van der Waals surface area contributed by atoms with E-state index in [2.05, 4.69) is 28.1 Å². The van der Waals surface area contributed by atoms with Crippen LogP contribution < -0.4 is 16.0 Å². The first-order valence-electron chi connectivity index (χ1n) is 8.60. The number of rotatable bonds is 7. The molecule has 130 valence electrons. The summed E-state index contributed by atoms with van der Waals surface area (Å²) in [7, 11) is 0. The Bertz CT molecular complexity index is 712. The molecule has 0 radical (unpaired) electrons. The highest BCUT2D eigenvalue weighted by Crippen LogP contribution is 2.47. The molecule has 0 atom stereocenters. The Kier molecular flexibility index (Phi) is 5.33. The van der Waals surface area contributed by atoms with Crippen molar-refractivity contribution in [3.05, 3.63) is 71.8 Å². The number of carbonyl (C=O) groups is 2. The summed E-state index contributed by atoms with van der Waals surface area (Å²) in [4.78, 5) is 23.8. The van der Waals surface area contributed by atoms with E-state index in [1.165, 1.54) is 5.56 Å². The van der Waals surface area contributed by atoms with Gasteiger partial charge in [-0.05, 0) is 30.5 Å². The van der Waals surface area contributed by atoms with Crippen LogP contribution in [0.25, 0.3) is 0 Å². The fourth-order valence-corrected chi connectivity index (χ4v) is 2.87. The van der Waals surface area contributed by atoms with E-state index in [9.17, 15) is 9.59 Å². The van der Waals surface area contributed by atoms with E-state index in [0.717, 1.165) is 12.8 Å². The number of benzene rings is 2. The monoisotopic (exact) mass is 337 g/mol. The van der Waals surface area contributed by atoms with E-state index in [4.69, 9.17) is 0 Å². The zero-order valence-electron chi connectivity index (χ0n) is 14.1. The van der Waals surface area contributed by atoms with Gasteiger partial charge in [0, 0.05) is 30.6 Å². The lowest BCUT2D eigenvalue weighted by Crippen LogP contribution is -2.42. The van der Waals surface area contributed by atoms with E-state index < -0.39 is 0 Å². The van der Waals surface area contributed by atoms with Crippen LogP contribution in [0.5, 0.6) is 0 Å². The molecule has 0 aliphatic heterocycles. The van der Waals surface area contributed by atoms with Crippen LogP contribution >= 0.6 is 0 Å². The minimum Gasteiger partial charge on any atom is -0.350 e. The molecule has 0 bridgehead atoms. The fraction of sp³-hybridized carbons (Fsp3) is 0.300. The Morgan fingerprint density at radius 2 is 1.40 bits per heavy atom. The first kappa shape index (κ1) is 17.0. The molecule has 0 unspecified atom stereocenters. The van der Waals surface area contributed by atoms with Gasteiger partial charge in [-0.2, -0.15) is 0 Å². The molecular formula is C20H23N3O2. The van der Waals surface area contributed by atoms with Crippen molar-refractivity contribution in [2.45, 2.75) is 18.3 Å². The molecule has 3 rings (SSSR count). The maximum absolute atomic E-state index is 11.9. The number of carbonyl (C=O) groups excluding carboxylic acids is 2. The second-order valence-electron chi connectivity index (χ2n) is 6.38. The van der Waals surface area contributed by atoms with Gasteiger partial charge >= 0.3 is 6.03 Å². The molecule has 2 aromatic carbocycles. The molecule has 2 aromatic rings. The van der Waals surface area contributed by atoms with Crippen molar-refractivity contribution in [2.24, 2.45) is 0 Å². The Morgan fingerprint density at radius 1 is 0.800 bits per heavy atom. The van der Waals surface area contributed by atoms with Crippen LogP contribution in [0.4, 0.5) is 4.79 Å². The molecular weight excluding hydrogens is 314 g/mol. The summed E-state index contributed by atoms with van der Waals surface area (Å²) in [6.45, 7) is 1.42. The van der Waals surface area contributed by atoms with Gasteiger partial charge in [-0.1, -0.05) is 48.5 Å². The molecule has 3 N–H and O–H groups in total. The normalized spacial score (nSPS) is 14.4. The smallest absolute Gasteiger partial charge is 0.314 e. The van der Waals surface area contributed by atoms with Crippen LogP contribution in [0.3, 0.4) is 0 Å². The van der Waals surface area contributed by atoms with E-state index in [-0.39, 0.29) is 17.4 Å². The van der Waals surface area contributed by atoms with Gasteiger partial charge in [0.2, 0.25) is 0 Å². The highest BCUT2D eigenvalue weighted by molar-refractivity contribution is 5.94. The minimum absolute atomic E-state index is 0.0973. The van der Waals surface area contributed by atoms with Gasteiger partial charge in [-0.25, -0.2) is 4.79 Å². The molecule has 25 heavy (non-hydrogen) atoms. The van der Waals surface area contributed by atoms with E-state index >= 15 is 0 Å². The van der Waals surface area contributed by atoms with E-state index in [1.54, 1.807) is 12.1 Å². The Morgan fingerprint density at radius 3 is 2.04 bits per heavy atom. The molecule has 0 saturated heterocycles. The zero-order chi connectivity index (χ0) is 17.5. The van der Waals surface area contributed by atoms with Crippen LogP contribution in [0.1, 0.15) is 28.8 Å². The molecule has 1 fully saturated rings. The van der Waals surface area contributed by atoms with Gasteiger partial charge in [-0.15, -0.1) is 0 Å². The molecule has 0 heterocycles. The second kappa shape index (κ2) is 7.83. The van der Waals surface area contributed by atoms with Crippen LogP contribution in [0.2, 0.25) is 0 Å². The topological polar surface area (TPSA) is 70.2 Å². The summed E-state index contributed by atoms with van der Waals surface area (Å²) in [5, 5.41) is 8.50. The Balaban J connectivity index is 1.34. The first-order valence-corrected chi connectivity index (χ1v) is 8.60. The number of nitrogens with one attached hydrogen (secondary N) is 3. The third-order valence-electron chi connectivity index (χ3n) is 4.56. The maximum atomic E-state index is 11.9. The maximum Gasteiger partial charge on any atom is 0.314 e. The molecule has 1 saturated carbocycles. The van der Waals surface area contributed by atoms with Crippen molar-refractivity contribution in [1.82, 2.24) is 16.0 Å². The van der Waals surface area contributed by atoms with Gasteiger partial charge in [0.25, 0.3) is 5.91 Å². The third-order valence-corrected chi connectivity index (χ3v) is 4.56. The van der Waals surface area contributed by atoms with Gasteiger partial charge in [0.1, 0.15) is 0 Å². The molecule has 5 nitrogen and oxygen atoms in total. The van der Waals surface area contributed by atoms with Crippen LogP contribution in [0, 0.1) is 0 Å². The average molecular weight is 337 g/mol. The summed E-state index contributed by atoms with van der Waals surface area (Å²) in [5.74, 6) is -0.135. The molecule has 1 aliphatic rings. The summed E-state index contributed by atoms with van der Waals surface area (Å²) >= 11 is 0. The van der Waals surface area contributed by atoms with Gasteiger partial charge in [0.15, 0.2) is 0 Å². The average Bonchev–Trinajstić information content (AvgIpc) is 3.46. The Labute approximate surface area is 147 Å². The van der Waals surface area contributed by atoms with Crippen molar-refractivity contribution in [3.63, 3.8) is 0 Å². The fourth-order valence-electron chi connectivity index (χ4n) is 2.87. The van der Waals surface area contributed by atoms with Crippen LogP contribution in [0.15, 0.2) is 60.7 Å². The lowest BCUT2D eigenvalue weighted by molar-refractivity contribution is 0.0954. The number of amides is 3. The summed E-state index contributed by atoms with van der Waals surface area (Å²) < 4.78 is 0. The van der Waals surface area contributed by atoms with Crippen molar-refractivity contribution >= 4 is 11.9 Å². The molecule has 3 amide bonds. The van der Waals surface area contributed by atoms with Crippen molar-refractivity contribution < 1.29 is 9.59 Å². The molecule has 0 aromatic heterocycles. The van der Waals surface area contributed by atoms with Gasteiger partial charge in [-0.3, -0.25) is 4.79 Å². The summed E-state index contributed by atoms with van der Waals surface area (Å²) in [5.41, 5.74) is 2.00. The first-order chi connectivity index (χ1) is 12.2. The van der Waals surface area contributed by atoms with Gasteiger partial charge < -0.3 is 16.0 Å². The second-order valence-corrected chi connectivity index (χ2v) is 6.38. The summed E-state index contributed by atoms with van der Waals surface area (Å²) in [6, 6.07) is 19.1. The number of hydrogen-bond acceptors (Lipinski definition) is 2. The lowest BCUT2D eigenvalue weighted by atomic mass is 9.96. The Hall–Kier alpha value is -2.82. The summed E-state index contributed by atoms with van der Waals surface area (Å²) in [6.07, 6.45) is 2.20.